The molecule has 0 aliphatic heterocycles. The minimum Gasteiger partial charge on any atom is -0.508 e. The molecule has 0 aromatic heterocycles. The highest BCUT2D eigenvalue weighted by molar-refractivity contribution is 5.92. The van der Waals surface area contributed by atoms with Crippen LogP contribution in [0.4, 0.5) is 4.79 Å². The number of benzene rings is 1. The van der Waals surface area contributed by atoms with Crippen molar-refractivity contribution >= 4 is 17.9 Å². The lowest BCUT2D eigenvalue weighted by Gasteiger charge is -2.38. The van der Waals surface area contributed by atoms with Gasteiger partial charge in [-0.2, -0.15) is 0 Å². The quantitative estimate of drug-likeness (QED) is 0.372. The fraction of sp³-hybridized carbons (Fsp3) is 0.625. The minimum atomic E-state index is -1.33. The third-order valence-corrected chi connectivity index (χ3v) is 5.08. The smallest absolute Gasteiger partial charge is 0.408 e. The number of aromatic hydroxyl groups is 1. The maximum absolute atomic E-state index is 13.6. The van der Waals surface area contributed by atoms with Gasteiger partial charge in [0.05, 0.1) is 6.61 Å². The van der Waals surface area contributed by atoms with Crippen LogP contribution in [0, 0.1) is 0 Å². The molecule has 0 bridgehead atoms. The van der Waals surface area contributed by atoms with Gasteiger partial charge in [-0.1, -0.05) is 38.5 Å². The van der Waals surface area contributed by atoms with Crippen LogP contribution in [0.15, 0.2) is 24.3 Å². The van der Waals surface area contributed by atoms with Gasteiger partial charge >= 0.3 is 6.09 Å². The van der Waals surface area contributed by atoms with E-state index in [0.717, 1.165) is 12.8 Å². The Kier molecular flexibility index (Phi) is 11.1. The summed E-state index contributed by atoms with van der Waals surface area (Å²) in [6, 6.07) is 3.41. The van der Waals surface area contributed by atoms with Gasteiger partial charge in [-0.3, -0.25) is 9.59 Å². The predicted molar refractivity (Wildman–Crippen MR) is 126 cm³/mol. The topological polar surface area (TPSA) is 128 Å². The van der Waals surface area contributed by atoms with Gasteiger partial charge in [0, 0.05) is 18.2 Å². The van der Waals surface area contributed by atoms with Crippen molar-refractivity contribution in [2.45, 2.75) is 84.5 Å². The van der Waals surface area contributed by atoms with E-state index in [2.05, 4.69) is 10.6 Å². The van der Waals surface area contributed by atoms with Crippen LogP contribution in [0.1, 0.15) is 72.4 Å². The highest BCUT2D eigenvalue weighted by Crippen LogP contribution is 2.31. The van der Waals surface area contributed by atoms with Gasteiger partial charge in [-0.05, 0) is 46.6 Å². The number of nitrogens with one attached hydrogen (secondary N) is 2. The number of amides is 3. The number of phenols is 1. The molecule has 0 saturated heterocycles. The summed E-state index contributed by atoms with van der Waals surface area (Å²) in [5, 5.41) is 25.6. The summed E-state index contributed by atoms with van der Waals surface area (Å²) in [5.74, 6) is -1.24. The molecule has 0 spiro atoms. The van der Waals surface area contributed by atoms with Crippen LogP contribution in [0.2, 0.25) is 0 Å². The first kappa shape index (κ1) is 28.2. The number of rotatable bonds is 11. The maximum atomic E-state index is 13.6. The van der Waals surface area contributed by atoms with Gasteiger partial charge in [-0.15, -0.1) is 0 Å². The highest BCUT2D eigenvalue weighted by atomic mass is 16.6. The molecular formula is C24H39N3O6. The van der Waals surface area contributed by atoms with Crippen molar-refractivity contribution in [3.05, 3.63) is 29.8 Å². The van der Waals surface area contributed by atoms with Gasteiger partial charge in [0.2, 0.25) is 11.8 Å². The number of hydrogen-bond acceptors (Lipinski definition) is 6. The van der Waals surface area contributed by atoms with E-state index in [-0.39, 0.29) is 11.3 Å². The summed E-state index contributed by atoms with van der Waals surface area (Å²) < 4.78 is 5.21. The van der Waals surface area contributed by atoms with Crippen molar-refractivity contribution in [1.29, 1.82) is 0 Å². The van der Waals surface area contributed by atoms with Gasteiger partial charge in [-0.25, -0.2) is 4.79 Å². The molecule has 1 aromatic carbocycles. The summed E-state index contributed by atoms with van der Waals surface area (Å²) in [7, 11) is 0. The number of aliphatic hydroxyl groups is 1. The first-order chi connectivity index (χ1) is 15.5. The standard InChI is InChI=1S/C24H39N3O6/c1-7-9-14-25-21(30)20(17-12-10-11-13-19(17)29)27(16(3)8-2)22(31)18(15-28)26-23(32)33-24(4,5)6/h10-13,16,18,20,28-29H,7-9,14-15H2,1-6H3,(H,25,30)(H,26,32). The molecule has 3 unspecified atom stereocenters. The Morgan fingerprint density at radius 1 is 1.15 bits per heavy atom. The average molecular weight is 466 g/mol. The van der Waals surface area contributed by atoms with Crippen LogP contribution < -0.4 is 10.6 Å². The lowest BCUT2D eigenvalue weighted by Crippen LogP contribution is -2.56. The molecule has 3 amide bonds. The summed E-state index contributed by atoms with van der Waals surface area (Å²) in [5.41, 5.74) is -0.532. The van der Waals surface area contributed by atoms with Crippen LogP contribution in [-0.4, -0.2) is 63.9 Å². The van der Waals surface area contributed by atoms with Crippen molar-refractivity contribution in [1.82, 2.24) is 15.5 Å². The van der Waals surface area contributed by atoms with Crippen LogP contribution in [0.25, 0.3) is 0 Å². The lowest BCUT2D eigenvalue weighted by atomic mass is 9.99. The zero-order valence-corrected chi connectivity index (χ0v) is 20.6. The summed E-state index contributed by atoms with van der Waals surface area (Å²) in [6.07, 6.45) is 1.28. The van der Waals surface area contributed by atoms with Crippen molar-refractivity contribution in [2.24, 2.45) is 0 Å². The molecule has 0 aliphatic carbocycles. The van der Waals surface area contributed by atoms with Crippen molar-refractivity contribution in [3.8, 4) is 5.75 Å². The van der Waals surface area contributed by atoms with E-state index in [1.807, 2.05) is 13.8 Å². The maximum Gasteiger partial charge on any atom is 0.408 e. The molecule has 9 nitrogen and oxygen atoms in total. The van der Waals surface area contributed by atoms with Gasteiger partial charge in [0.15, 0.2) is 0 Å². The zero-order chi connectivity index (χ0) is 25.2. The molecule has 3 atom stereocenters. The summed E-state index contributed by atoms with van der Waals surface area (Å²) in [6.45, 7) is 10.4. The fourth-order valence-corrected chi connectivity index (χ4v) is 3.23. The molecule has 1 rings (SSSR count). The number of alkyl carbamates (subject to hydrolysis) is 1. The second-order valence-electron chi connectivity index (χ2n) is 8.99. The van der Waals surface area contributed by atoms with Gasteiger partial charge < -0.3 is 30.5 Å². The molecule has 186 valence electrons. The van der Waals surface area contributed by atoms with E-state index in [4.69, 9.17) is 4.74 Å². The van der Waals surface area contributed by atoms with Crippen LogP contribution >= 0.6 is 0 Å². The average Bonchev–Trinajstić information content (AvgIpc) is 2.74. The highest BCUT2D eigenvalue weighted by Gasteiger charge is 2.39. The fourth-order valence-electron chi connectivity index (χ4n) is 3.23. The first-order valence-electron chi connectivity index (χ1n) is 11.4. The summed E-state index contributed by atoms with van der Waals surface area (Å²) in [4.78, 5) is 40.4. The molecule has 33 heavy (non-hydrogen) atoms. The van der Waals surface area contributed by atoms with E-state index in [9.17, 15) is 24.6 Å². The molecule has 0 aliphatic rings. The van der Waals surface area contributed by atoms with E-state index in [0.29, 0.717) is 13.0 Å². The van der Waals surface area contributed by atoms with Gasteiger partial charge in [0.25, 0.3) is 0 Å². The van der Waals surface area contributed by atoms with E-state index in [1.54, 1.807) is 45.9 Å². The lowest BCUT2D eigenvalue weighted by molar-refractivity contribution is -0.145. The SMILES string of the molecule is CCCCNC(=O)C(c1ccccc1O)N(C(=O)C(CO)NC(=O)OC(C)(C)C)C(C)CC. The predicted octanol–water partition coefficient (Wildman–Crippen LogP) is 2.86. The largest absolute Gasteiger partial charge is 0.508 e. The number of aliphatic hydroxyl groups excluding tert-OH is 1. The molecule has 0 saturated carbocycles. The number of ether oxygens (including phenoxy) is 1. The molecule has 0 fully saturated rings. The van der Waals surface area contributed by atoms with E-state index >= 15 is 0 Å². The number of para-hydroxylation sites is 1. The van der Waals surface area contributed by atoms with Crippen LogP contribution in [0.3, 0.4) is 0 Å². The Bertz CT molecular complexity index is 793. The Hall–Kier alpha value is -2.81. The summed E-state index contributed by atoms with van der Waals surface area (Å²) >= 11 is 0. The number of phenolic OH excluding ortho intramolecular Hbond substituents is 1. The minimum absolute atomic E-state index is 0.130. The Morgan fingerprint density at radius 2 is 1.79 bits per heavy atom. The second kappa shape index (κ2) is 13.0. The molecular weight excluding hydrogens is 426 g/mol. The normalized spacial score (nSPS) is 14.0. The van der Waals surface area contributed by atoms with E-state index < -0.39 is 48.2 Å². The number of unbranched alkanes of at least 4 members (excludes halogenated alkanes) is 1. The van der Waals surface area contributed by atoms with Crippen molar-refractivity contribution < 1.29 is 29.3 Å². The molecule has 1 aromatic rings. The molecule has 0 heterocycles. The van der Waals surface area contributed by atoms with Crippen molar-refractivity contribution in [3.63, 3.8) is 0 Å². The van der Waals surface area contributed by atoms with Crippen LogP contribution in [-0.2, 0) is 14.3 Å². The number of hydrogen-bond donors (Lipinski definition) is 4. The van der Waals surface area contributed by atoms with Gasteiger partial charge in [0.1, 0.15) is 23.4 Å². The third kappa shape index (κ3) is 8.57. The molecule has 9 heteroatoms. The monoisotopic (exact) mass is 465 g/mol. The Balaban J connectivity index is 3.38. The Morgan fingerprint density at radius 3 is 2.30 bits per heavy atom. The number of carbonyl (C=O) groups is 3. The Labute approximate surface area is 196 Å². The van der Waals surface area contributed by atoms with Crippen molar-refractivity contribution in [2.75, 3.05) is 13.2 Å². The van der Waals surface area contributed by atoms with E-state index in [1.165, 1.54) is 11.0 Å². The number of nitrogens with zero attached hydrogens (tertiary/aromatic N) is 1. The molecule has 4 N–H and O–H groups in total. The number of carbonyl (C=O) groups excluding carboxylic acids is 3. The first-order valence-corrected chi connectivity index (χ1v) is 11.4. The van der Waals surface area contributed by atoms with Crippen LogP contribution in [0.5, 0.6) is 5.75 Å². The third-order valence-electron chi connectivity index (χ3n) is 5.08. The molecule has 0 radical (unpaired) electrons. The second-order valence-corrected chi connectivity index (χ2v) is 8.99. The zero-order valence-electron chi connectivity index (χ0n) is 20.6.